The first kappa shape index (κ1) is 13.8. The van der Waals surface area contributed by atoms with E-state index in [2.05, 4.69) is 5.18 Å². The summed E-state index contributed by atoms with van der Waals surface area (Å²) in [5.41, 5.74) is 0.164. The number of esters is 2. The molecule has 0 saturated heterocycles. The topological polar surface area (TPSA) is 82.0 Å². The van der Waals surface area contributed by atoms with E-state index in [0.29, 0.717) is 0 Å². The summed E-state index contributed by atoms with van der Waals surface area (Å²) in [5.74, 6) is -1.23. The minimum absolute atomic E-state index is 0.0244. The van der Waals surface area contributed by atoms with Gasteiger partial charge in [0.2, 0.25) is 0 Å². The molecule has 0 bridgehead atoms. The molecule has 0 saturated carbocycles. The van der Waals surface area contributed by atoms with Crippen LogP contribution in [0, 0.1) is 4.91 Å². The summed E-state index contributed by atoms with van der Waals surface area (Å²) < 4.78 is 9.57. The van der Waals surface area contributed by atoms with Gasteiger partial charge in [-0.05, 0) is 37.2 Å². The molecule has 0 aliphatic heterocycles. The number of ether oxygens (including phenoxy) is 2. The van der Waals surface area contributed by atoms with E-state index in [1.165, 1.54) is 18.2 Å². The van der Waals surface area contributed by atoms with Crippen LogP contribution in [-0.2, 0) is 9.47 Å². The van der Waals surface area contributed by atoms with E-state index in [-0.39, 0.29) is 30.0 Å². The highest BCUT2D eigenvalue weighted by Crippen LogP contribution is 2.19. The van der Waals surface area contributed by atoms with Crippen LogP contribution >= 0.6 is 0 Å². The predicted molar refractivity (Wildman–Crippen MR) is 63.8 cm³/mol. The van der Waals surface area contributed by atoms with Crippen LogP contribution in [0.25, 0.3) is 0 Å². The standard InChI is InChI=1S/C12H13NO5/c1-3-17-11(14)8-5-9(12(15)18-4-2)7-10(6-8)13-16/h5-7H,3-4H2,1-2H3. The fourth-order valence-corrected chi connectivity index (χ4v) is 1.33. The number of nitroso groups, excluding NO2 is 1. The van der Waals surface area contributed by atoms with Gasteiger partial charge in [0.15, 0.2) is 0 Å². The molecule has 6 heteroatoms. The Bertz CT molecular complexity index is 433. The van der Waals surface area contributed by atoms with Crippen molar-refractivity contribution in [1.29, 1.82) is 0 Å². The second-order valence-corrected chi connectivity index (χ2v) is 3.30. The lowest BCUT2D eigenvalue weighted by Crippen LogP contribution is -2.09. The zero-order chi connectivity index (χ0) is 13.5. The highest BCUT2D eigenvalue weighted by Gasteiger charge is 2.14. The summed E-state index contributed by atoms with van der Waals surface area (Å²) in [6.07, 6.45) is 0. The lowest BCUT2D eigenvalue weighted by molar-refractivity contribution is 0.0525. The number of hydrogen-bond donors (Lipinski definition) is 0. The second kappa shape index (κ2) is 6.48. The van der Waals surface area contributed by atoms with Gasteiger partial charge in [0.1, 0.15) is 5.69 Å². The maximum Gasteiger partial charge on any atom is 0.338 e. The SMILES string of the molecule is CCOC(=O)c1cc(N=O)cc(C(=O)OCC)c1. The maximum atomic E-state index is 11.5. The number of nitrogens with zero attached hydrogens (tertiary/aromatic N) is 1. The van der Waals surface area contributed by atoms with Crippen LogP contribution in [0.2, 0.25) is 0 Å². The van der Waals surface area contributed by atoms with E-state index in [4.69, 9.17) is 9.47 Å². The molecule has 1 rings (SSSR count). The molecule has 0 aromatic heterocycles. The van der Waals surface area contributed by atoms with Crippen molar-refractivity contribution in [2.24, 2.45) is 5.18 Å². The third-order valence-corrected chi connectivity index (χ3v) is 2.05. The first-order chi connectivity index (χ1) is 8.62. The van der Waals surface area contributed by atoms with Gasteiger partial charge in [0, 0.05) is 0 Å². The molecule has 0 spiro atoms. The molecule has 0 radical (unpaired) electrons. The van der Waals surface area contributed by atoms with Gasteiger partial charge in [0.05, 0.1) is 24.3 Å². The van der Waals surface area contributed by atoms with Crippen molar-refractivity contribution >= 4 is 17.6 Å². The van der Waals surface area contributed by atoms with Crippen LogP contribution in [-0.4, -0.2) is 25.2 Å². The van der Waals surface area contributed by atoms with E-state index in [9.17, 15) is 14.5 Å². The summed E-state index contributed by atoms with van der Waals surface area (Å²) >= 11 is 0. The van der Waals surface area contributed by atoms with Crippen molar-refractivity contribution in [1.82, 2.24) is 0 Å². The van der Waals surface area contributed by atoms with Crippen molar-refractivity contribution in [3.05, 3.63) is 34.2 Å². The Morgan fingerprint density at radius 3 is 1.78 bits per heavy atom. The number of carbonyl (C=O) groups excluding carboxylic acids is 2. The molecule has 0 atom stereocenters. The normalized spacial score (nSPS) is 9.67. The van der Waals surface area contributed by atoms with E-state index in [1.54, 1.807) is 13.8 Å². The number of benzene rings is 1. The Morgan fingerprint density at radius 2 is 1.44 bits per heavy atom. The highest BCUT2D eigenvalue weighted by molar-refractivity contribution is 5.96. The van der Waals surface area contributed by atoms with E-state index in [0.717, 1.165) is 0 Å². The fraction of sp³-hybridized carbons (Fsp3) is 0.333. The first-order valence-corrected chi connectivity index (χ1v) is 5.45. The Labute approximate surface area is 104 Å². The van der Waals surface area contributed by atoms with Crippen LogP contribution < -0.4 is 0 Å². The number of rotatable bonds is 5. The molecule has 0 aliphatic rings. The molecule has 0 fully saturated rings. The van der Waals surface area contributed by atoms with E-state index < -0.39 is 11.9 Å². The van der Waals surface area contributed by atoms with Crippen molar-refractivity contribution in [2.45, 2.75) is 13.8 Å². The minimum atomic E-state index is -0.617. The number of hydrogen-bond acceptors (Lipinski definition) is 6. The van der Waals surface area contributed by atoms with Gasteiger partial charge >= 0.3 is 11.9 Å². The van der Waals surface area contributed by atoms with Crippen LogP contribution in [0.15, 0.2) is 23.4 Å². The molecular formula is C12H13NO5. The first-order valence-electron chi connectivity index (χ1n) is 5.45. The van der Waals surface area contributed by atoms with Gasteiger partial charge in [-0.3, -0.25) is 0 Å². The highest BCUT2D eigenvalue weighted by atomic mass is 16.5. The zero-order valence-corrected chi connectivity index (χ0v) is 10.1. The molecule has 6 nitrogen and oxygen atoms in total. The molecule has 1 aromatic rings. The number of carbonyl (C=O) groups is 2. The minimum Gasteiger partial charge on any atom is -0.462 e. The molecule has 0 aliphatic carbocycles. The van der Waals surface area contributed by atoms with E-state index >= 15 is 0 Å². The summed E-state index contributed by atoms with van der Waals surface area (Å²) in [7, 11) is 0. The van der Waals surface area contributed by atoms with Crippen LogP contribution in [0.3, 0.4) is 0 Å². The average Bonchev–Trinajstić information content (AvgIpc) is 2.38. The largest absolute Gasteiger partial charge is 0.462 e. The third kappa shape index (κ3) is 3.38. The predicted octanol–water partition coefficient (Wildman–Crippen LogP) is 2.44. The molecule has 1 aromatic carbocycles. The summed E-state index contributed by atoms with van der Waals surface area (Å²) in [5, 5.41) is 2.71. The van der Waals surface area contributed by atoms with Gasteiger partial charge in [-0.2, -0.15) is 0 Å². The molecule has 0 N–H and O–H groups in total. The summed E-state index contributed by atoms with van der Waals surface area (Å²) in [6, 6.07) is 3.83. The van der Waals surface area contributed by atoms with Crippen LogP contribution in [0.1, 0.15) is 34.6 Å². The fourth-order valence-electron chi connectivity index (χ4n) is 1.33. The zero-order valence-electron chi connectivity index (χ0n) is 10.1. The Morgan fingerprint density at radius 1 is 1.00 bits per heavy atom. The Balaban J connectivity index is 3.12. The van der Waals surface area contributed by atoms with Crippen molar-refractivity contribution in [3.8, 4) is 0 Å². The maximum absolute atomic E-state index is 11.5. The average molecular weight is 251 g/mol. The molecule has 0 heterocycles. The lowest BCUT2D eigenvalue weighted by Gasteiger charge is -2.05. The van der Waals surface area contributed by atoms with Gasteiger partial charge in [0.25, 0.3) is 0 Å². The van der Waals surface area contributed by atoms with Crippen molar-refractivity contribution < 1.29 is 19.1 Å². The third-order valence-electron chi connectivity index (χ3n) is 2.05. The molecule has 18 heavy (non-hydrogen) atoms. The van der Waals surface area contributed by atoms with Crippen molar-refractivity contribution in [3.63, 3.8) is 0 Å². The summed E-state index contributed by atoms with van der Waals surface area (Å²) in [6.45, 7) is 3.72. The van der Waals surface area contributed by atoms with Gasteiger partial charge in [-0.15, -0.1) is 4.91 Å². The quantitative estimate of drug-likeness (QED) is 0.593. The monoisotopic (exact) mass is 251 g/mol. The molecule has 96 valence electrons. The van der Waals surface area contributed by atoms with Crippen LogP contribution in [0.4, 0.5) is 5.69 Å². The lowest BCUT2D eigenvalue weighted by atomic mass is 10.1. The molecule has 0 amide bonds. The molecular weight excluding hydrogens is 238 g/mol. The summed E-state index contributed by atoms with van der Waals surface area (Å²) in [4.78, 5) is 33.6. The van der Waals surface area contributed by atoms with Crippen LogP contribution in [0.5, 0.6) is 0 Å². The Kier molecular flexibility index (Phi) is 4.98. The van der Waals surface area contributed by atoms with Gasteiger partial charge in [-0.25, -0.2) is 9.59 Å². The second-order valence-electron chi connectivity index (χ2n) is 3.30. The Hall–Kier alpha value is -2.24. The van der Waals surface area contributed by atoms with Gasteiger partial charge < -0.3 is 9.47 Å². The van der Waals surface area contributed by atoms with Gasteiger partial charge in [-0.1, -0.05) is 0 Å². The van der Waals surface area contributed by atoms with Crippen molar-refractivity contribution in [2.75, 3.05) is 13.2 Å². The molecule has 0 unspecified atom stereocenters. The van der Waals surface area contributed by atoms with E-state index in [1.807, 2.05) is 0 Å². The smallest absolute Gasteiger partial charge is 0.338 e.